The molecule has 0 fully saturated rings. The molecule has 0 aliphatic rings. The largest absolute Gasteiger partial charge is 0.395 e. The second kappa shape index (κ2) is 8.21. The minimum atomic E-state index is -3.76. The van der Waals surface area contributed by atoms with Crippen LogP contribution in [0.3, 0.4) is 0 Å². The first-order valence-electron chi connectivity index (χ1n) is 7.20. The number of thiophene rings is 1. The van der Waals surface area contributed by atoms with E-state index in [-0.39, 0.29) is 35.6 Å². The number of hydrogen-bond acceptors (Lipinski definition) is 6. The third-order valence-electron chi connectivity index (χ3n) is 3.08. The molecular weight excluding hydrogens is 366 g/mol. The van der Waals surface area contributed by atoms with Gasteiger partial charge in [-0.3, -0.25) is 9.59 Å². The zero-order valence-corrected chi connectivity index (χ0v) is 14.7. The molecule has 1 aromatic heterocycles. The number of aliphatic hydroxyl groups excluding tert-OH is 1. The van der Waals surface area contributed by atoms with Crippen molar-refractivity contribution in [2.75, 3.05) is 18.5 Å². The van der Waals surface area contributed by atoms with E-state index in [1.165, 1.54) is 6.07 Å². The van der Waals surface area contributed by atoms with Gasteiger partial charge in [-0.05, 0) is 36.4 Å². The van der Waals surface area contributed by atoms with Crippen molar-refractivity contribution < 1.29 is 23.1 Å². The second-order valence-corrected chi connectivity index (χ2v) is 8.00. The van der Waals surface area contributed by atoms with E-state index >= 15 is 0 Å². The van der Waals surface area contributed by atoms with Crippen molar-refractivity contribution in [3.63, 3.8) is 0 Å². The number of nitrogens with two attached hydrogens (primary N) is 1. The van der Waals surface area contributed by atoms with E-state index in [4.69, 9.17) is 10.2 Å². The highest BCUT2D eigenvalue weighted by atomic mass is 32.2. The van der Waals surface area contributed by atoms with E-state index in [0.29, 0.717) is 16.1 Å². The van der Waals surface area contributed by atoms with E-state index < -0.39 is 10.0 Å². The summed E-state index contributed by atoms with van der Waals surface area (Å²) in [7, 11) is -3.76. The van der Waals surface area contributed by atoms with Crippen LogP contribution < -0.4 is 15.8 Å². The smallest absolute Gasteiger partial charge is 0.251 e. The van der Waals surface area contributed by atoms with E-state index in [2.05, 4.69) is 10.6 Å². The molecule has 0 unspecified atom stereocenters. The lowest BCUT2D eigenvalue weighted by molar-refractivity contribution is -0.115. The molecule has 2 amide bonds. The molecule has 1 aromatic carbocycles. The van der Waals surface area contributed by atoms with Crippen LogP contribution in [0.5, 0.6) is 0 Å². The Morgan fingerprint density at radius 1 is 1.12 bits per heavy atom. The lowest BCUT2D eigenvalue weighted by atomic mass is 10.2. The van der Waals surface area contributed by atoms with Crippen LogP contribution in [0, 0.1) is 0 Å². The highest BCUT2D eigenvalue weighted by molar-refractivity contribution is 7.91. The highest BCUT2D eigenvalue weighted by Crippen LogP contribution is 2.21. The standard InChI is InChI=1S/C15H17N3O5S2/c16-25(22,23)14-6-5-12(24-14)9-13(20)18-11-3-1-10(2-4-11)15(21)17-7-8-19/h1-6,19H,7-9H2,(H,17,21)(H,18,20)(H2,16,22,23). The number of benzene rings is 1. The summed E-state index contributed by atoms with van der Waals surface area (Å²) in [6.07, 6.45) is 0.0128. The normalized spacial score (nSPS) is 11.1. The average Bonchev–Trinajstić information content (AvgIpc) is 3.02. The summed E-state index contributed by atoms with van der Waals surface area (Å²) in [5.74, 6) is -0.638. The summed E-state index contributed by atoms with van der Waals surface area (Å²) in [5.41, 5.74) is 0.912. The van der Waals surface area contributed by atoms with Crippen molar-refractivity contribution in [2.45, 2.75) is 10.6 Å². The van der Waals surface area contributed by atoms with Crippen LogP contribution in [0.15, 0.2) is 40.6 Å². The number of hydrogen-bond donors (Lipinski definition) is 4. The fraction of sp³-hybridized carbons (Fsp3) is 0.200. The lowest BCUT2D eigenvalue weighted by Crippen LogP contribution is -2.26. The summed E-state index contributed by atoms with van der Waals surface area (Å²) >= 11 is 0.946. The van der Waals surface area contributed by atoms with Crippen molar-refractivity contribution >= 4 is 38.9 Å². The summed E-state index contributed by atoms with van der Waals surface area (Å²) in [4.78, 5) is 24.3. The Morgan fingerprint density at radius 2 is 1.80 bits per heavy atom. The number of nitrogens with one attached hydrogen (secondary N) is 2. The van der Waals surface area contributed by atoms with Crippen molar-refractivity contribution in [3.8, 4) is 0 Å². The number of carbonyl (C=O) groups excluding carboxylic acids is 2. The Hall–Kier alpha value is -2.27. The molecule has 0 radical (unpaired) electrons. The molecule has 0 spiro atoms. The zero-order valence-electron chi connectivity index (χ0n) is 13.1. The predicted octanol–water partition coefficient (Wildman–Crippen LogP) is 0.299. The van der Waals surface area contributed by atoms with Crippen LogP contribution in [-0.4, -0.2) is 38.5 Å². The van der Waals surface area contributed by atoms with Gasteiger partial charge in [-0.25, -0.2) is 13.6 Å². The van der Waals surface area contributed by atoms with Gasteiger partial charge in [0.2, 0.25) is 15.9 Å². The van der Waals surface area contributed by atoms with Gasteiger partial charge in [0.25, 0.3) is 5.91 Å². The van der Waals surface area contributed by atoms with Gasteiger partial charge in [-0.1, -0.05) is 0 Å². The van der Waals surface area contributed by atoms with Crippen LogP contribution in [0.25, 0.3) is 0 Å². The highest BCUT2D eigenvalue weighted by Gasteiger charge is 2.13. The van der Waals surface area contributed by atoms with Crippen molar-refractivity contribution in [3.05, 3.63) is 46.8 Å². The Balaban J connectivity index is 1.94. The quantitative estimate of drug-likeness (QED) is 0.545. The summed E-state index contributed by atoms with van der Waals surface area (Å²) in [5, 5.41) is 18.9. The molecule has 1 heterocycles. The molecule has 5 N–H and O–H groups in total. The molecule has 0 atom stereocenters. The first-order chi connectivity index (χ1) is 11.8. The van der Waals surface area contributed by atoms with Crippen LogP contribution >= 0.6 is 11.3 Å². The first kappa shape index (κ1) is 19.1. The molecule has 0 bridgehead atoms. The van der Waals surface area contributed by atoms with Gasteiger partial charge in [0.15, 0.2) is 0 Å². The number of primary sulfonamides is 1. The topological polar surface area (TPSA) is 139 Å². The molecule has 0 saturated heterocycles. The van der Waals surface area contributed by atoms with Gasteiger partial charge in [-0.15, -0.1) is 11.3 Å². The summed E-state index contributed by atoms with van der Waals surface area (Å²) < 4.78 is 22.4. The van der Waals surface area contributed by atoms with Crippen LogP contribution in [-0.2, 0) is 21.2 Å². The summed E-state index contributed by atoms with van der Waals surface area (Å²) in [6, 6.07) is 9.16. The van der Waals surface area contributed by atoms with Gasteiger partial charge in [0, 0.05) is 22.7 Å². The van der Waals surface area contributed by atoms with E-state index in [1.807, 2.05) is 0 Å². The minimum absolute atomic E-state index is 0.00791. The Morgan fingerprint density at radius 3 is 2.36 bits per heavy atom. The molecule has 8 nitrogen and oxygen atoms in total. The maximum atomic E-state index is 12.0. The first-order valence-corrected chi connectivity index (χ1v) is 9.56. The second-order valence-electron chi connectivity index (χ2n) is 5.05. The number of sulfonamides is 1. The average molecular weight is 383 g/mol. The van der Waals surface area contributed by atoms with E-state index in [1.54, 1.807) is 30.3 Å². The number of rotatable bonds is 7. The predicted molar refractivity (Wildman–Crippen MR) is 93.9 cm³/mol. The van der Waals surface area contributed by atoms with Crippen LogP contribution in [0.1, 0.15) is 15.2 Å². The maximum Gasteiger partial charge on any atom is 0.251 e. The van der Waals surface area contributed by atoms with Gasteiger partial charge in [0.1, 0.15) is 4.21 Å². The van der Waals surface area contributed by atoms with Crippen molar-refractivity contribution in [1.29, 1.82) is 0 Å². The van der Waals surface area contributed by atoms with Crippen LogP contribution in [0.4, 0.5) is 5.69 Å². The fourth-order valence-electron chi connectivity index (χ4n) is 1.95. The number of aliphatic hydroxyl groups is 1. The molecule has 10 heteroatoms. The SMILES string of the molecule is NS(=O)(=O)c1ccc(CC(=O)Nc2ccc(C(=O)NCCO)cc2)s1. The third-order valence-corrected chi connectivity index (χ3v) is 5.60. The third kappa shape index (κ3) is 5.64. The van der Waals surface area contributed by atoms with Crippen LogP contribution in [0.2, 0.25) is 0 Å². The number of amides is 2. The monoisotopic (exact) mass is 383 g/mol. The van der Waals surface area contributed by atoms with Crippen molar-refractivity contribution in [2.24, 2.45) is 5.14 Å². The molecule has 2 aromatic rings. The Bertz CT molecular complexity index is 860. The fourth-order valence-corrected chi connectivity index (χ4v) is 3.72. The van der Waals surface area contributed by atoms with Crippen molar-refractivity contribution in [1.82, 2.24) is 5.32 Å². The Labute approximate surface area is 148 Å². The molecule has 25 heavy (non-hydrogen) atoms. The zero-order chi connectivity index (χ0) is 18.4. The molecule has 0 aliphatic carbocycles. The maximum absolute atomic E-state index is 12.0. The summed E-state index contributed by atoms with van der Waals surface area (Å²) in [6.45, 7) is 0.0222. The molecule has 2 rings (SSSR count). The Kier molecular flexibility index (Phi) is 6.26. The minimum Gasteiger partial charge on any atom is -0.395 e. The molecular formula is C15H17N3O5S2. The van der Waals surface area contributed by atoms with Gasteiger partial charge < -0.3 is 15.7 Å². The van der Waals surface area contributed by atoms with E-state index in [9.17, 15) is 18.0 Å². The number of carbonyl (C=O) groups is 2. The van der Waals surface area contributed by atoms with Gasteiger partial charge >= 0.3 is 0 Å². The van der Waals surface area contributed by atoms with E-state index in [0.717, 1.165) is 11.3 Å². The van der Waals surface area contributed by atoms with Gasteiger partial charge in [0.05, 0.1) is 13.0 Å². The lowest BCUT2D eigenvalue weighted by Gasteiger charge is -2.06. The molecule has 134 valence electrons. The number of anilines is 1. The molecule has 0 aliphatic heterocycles. The van der Waals surface area contributed by atoms with Gasteiger partial charge in [-0.2, -0.15) is 0 Å². The molecule has 0 saturated carbocycles.